The first-order chi connectivity index (χ1) is 7.09. The van der Waals surface area contributed by atoms with Crippen molar-refractivity contribution in [3.8, 4) is 0 Å². The lowest BCUT2D eigenvalue weighted by Crippen LogP contribution is -2.12. The molecule has 0 spiro atoms. The zero-order valence-electron chi connectivity index (χ0n) is 8.34. The van der Waals surface area contributed by atoms with E-state index in [1.54, 1.807) is 13.0 Å². The smallest absolute Gasteiger partial charge is 0.115 e. The van der Waals surface area contributed by atoms with Gasteiger partial charge in [-0.2, -0.15) is 0 Å². The van der Waals surface area contributed by atoms with E-state index >= 15 is 0 Å². The van der Waals surface area contributed by atoms with Crippen molar-refractivity contribution < 1.29 is 10.2 Å². The van der Waals surface area contributed by atoms with E-state index in [9.17, 15) is 10.2 Å². The van der Waals surface area contributed by atoms with E-state index < -0.39 is 12.2 Å². The highest BCUT2D eigenvalue weighted by molar-refractivity contribution is 7.80. The maximum Gasteiger partial charge on any atom is 0.115 e. The van der Waals surface area contributed by atoms with E-state index in [0.29, 0.717) is 4.86 Å². The third-order valence-corrected chi connectivity index (χ3v) is 2.94. The van der Waals surface area contributed by atoms with E-state index in [0.717, 1.165) is 16.7 Å². The first-order valence-electron chi connectivity index (χ1n) is 4.81. The van der Waals surface area contributed by atoms with Gasteiger partial charge in [0.15, 0.2) is 0 Å². The summed E-state index contributed by atoms with van der Waals surface area (Å²) in [5.74, 6) is 0. The average molecular weight is 220 g/mol. The Balaban J connectivity index is 2.50. The van der Waals surface area contributed by atoms with Crippen molar-refractivity contribution in [1.29, 1.82) is 0 Å². The predicted octanol–water partition coefficient (Wildman–Crippen LogP) is 2.17. The van der Waals surface area contributed by atoms with E-state index in [2.05, 4.69) is 0 Å². The number of aliphatic hydroxyl groups excluding tert-OH is 2. The third-order valence-electron chi connectivity index (χ3n) is 2.58. The molecule has 0 aromatic heterocycles. The highest BCUT2D eigenvalue weighted by Crippen LogP contribution is 2.28. The zero-order chi connectivity index (χ0) is 11.0. The van der Waals surface area contributed by atoms with Crippen LogP contribution < -0.4 is 0 Å². The first kappa shape index (κ1) is 10.5. The molecule has 78 valence electrons. The molecule has 2 N–H and O–H groups in total. The number of thiocarbonyl (C=S) groups is 1. The van der Waals surface area contributed by atoms with Gasteiger partial charge in [0.1, 0.15) is 6.10 Å². The number of benzene rings is 1. The molecule has 0 saturated carbocycles. The van der Waals surface area contributed by atoms with Crippen molar-refractivity contribution in [2.75, 3.05) is 0 Å². The Morgan fingerprint density at radius 2 is 2.07 bits per heavy atom. The molecule has 1 aliphatic rings. The predicted molar refractivity (Wildman–Crippen MR) is 63.7 cm³/mol. The SMILES string of the molecule is CC(O)c1ccc2c(c1)C=CC(=S)C2O. The first-order valence-corrected chi connectivity index (χ1v) is 5.22. The summed E-state index contributed by atoms with van der Waals surface area (Å²) in [4.78, 5) is 0.535. The number of hydrogen-bond acceptors (Lipinski definition) is 3. The maximum absolute atomic E-state index is 9.80. The van der Waals surface area contributed by atoms with Gasteiger partial charge in [0.2, 0.25) is 0 Å². The lowest BCUT2D eigenvalue weighted by molar-refractivity contribution is 0.199. The van der Waals surface area contributed by atoms with Crippen molar-refractivity contribution in [2.45, 2.75) is 19.1 Å². The molecule has 2 atom stereocenters. The minimum atomic E-state index is -0.692. The third kappa shape index (κ3) is 1.86. The Labute approximate surface area is 93.9 Å². The molecule has 0 saturated heterocycles. The summed E-state index contributed by atoms with van der Waals surface area (Å²) in [5, 5.41) is 19.2. The van der Waals surface area contributed by atoms with Gasteiger partial charge in [-0.3, -0.25) is 0 Å². The van der Waals surface area contributed by atoms with E-state index in [-0.39, 0.29) is 0 Å². The van der Waals surface area contributed by atoms with Crippen LogP contribution >= 0.6 is 12.2 Å². The molecular formula is C12H12O2S. The van der Waals surface area contributed by atoms with Crippen LogP contribution in [0, 0.1) is 0 Å². The normalized spacial score (nSPS) is 21.3. The van der Waals surface area contributed by atoms with Gasteiger partial charge in [-0.25, -0.2) is 0 Å². The topological polar surface area (TPSA) is 40.5 Å². The van der Waals surface area contributed by atoms with Crippen LogP contribution in [0.25, 0.3) is 6.08 Å². The zero-order valence-corrected chi connectivity index (χ0v) is 9.16. The molecule has 15 heavy (non-hydrogen) atoms. The molecule has 0 bridgehead atoms. The summed E-state index contributed by atoms with van der Waals surface area (Å²) in [5.41, 5.74) is 2.58. The lowest BCUT2D eigenvalue weighted by Gasteiger charge is -2.19. The van der Waals surface area contributed by atoms with Gasteiger partial charge in [0.05, 0.1) is 6.10 Å². The Bertz CT molecular complexity index is 435. The van der Waals surface area contributed by atoms with Crippen molar-refractivity contribution >= 4 is 23.2 Å². The fourth-order valence-corrected chi connectivity index (χ4v) is 1.86. The number of aliphatic hydroxyl groups is 2. The minimum absolute atomic E-state index is 0.491. The van der Waals surface area contributed by atoms with Crippen molar-refractivity contribution in [2.24, 2.45) is 0 Å². The van der Waals surface area contributed by atoms with Crippen LogP contribution in [0.5, 0.6) is 0 Å². The highest BCUT2D eigenvalue weighted by atomic mass is 32.1. The van der Waals surface area contributed by atoms with Crippen molar-refractivity contribution in [3.05, 3.63) is 41.0 Å². The molecule has 1 aliphatic carbocycles. The summed E-state index contributed by atoms with van der Waals surface area (Å²) in [6.45, 7) is 1.72. The summed E-state index contributed by atoms with van der Waals surface area (Å²) in [6, 6.07) is 5.51. The lowest BCUT2D eigenvalue weighted by atomic mass is 9.92. The van der Waals surface area contributed by atoms with Gasteiger partial charge in [-0.1, -0.05) is 30.4 Å². The Kier molecular flexibility index (Phi) is 2.69. The molecule has 0 radical (unpaired) electrons. The quantitative estimate of drug-likeness (QED) is 0.713. The number of fused-ring (bicyclic) bond motifs is 1. The number of hydrogen-bond donors (Lipinski definition) is 2. The molecule has 2 nitrogen and oxygen atoms in total. The van der Waals surface area contributed by atoms with Gasteiger partial charge >= 0.3 is 0 Å². The Morgan fingerprint density at radius 3 is 2.73 bits per heavy atom. The van der Waals surface area contributed by atoms with Crippen LogP contribution in [0.15, 0.2) is 24.3 Å². The second kappa shape index (κ2) is 3.85. The van der Waals surface area contributed by atoms with Crippen LogP contribution in [0.1, 0.15) is 35.8 Å². The van der Waals surface area contributed by atoms with Crippen LogP contribution in [0.4, 0.5) is 0 Å². The highest BCUT2D eigenvalue weighted by Gasteiger charge is 2.19. The van der Waals surface area contributed by atoms with Gasteiger partial charge in [-0.05, 0) is 35.8 Å². The summed E-state index contributed by atoms with van der Waals surface area (Å²) in [7, 11) is 0. The molecule has 2 unspecified atom stereocenters. The van der Waals surface area contributed by atoms with Gasteiger partial charge < -0.3 is 10.2 Å². The summed E-state index contributed by atoms with van der Waals surface area (Å²) >= 11 is 5.00. The van der Waals surface area contributed by atoms with Crippen LogP contribution in [-0.2, 0) is 0 Å². The fraction of sp³-hybridized carbons (Fsp3) is 0.250. The second-order valence-corrected chi connectivity index (χ2v) is 4.17. The Hall–Kier alpha value is -1.03. The minimum Gasteiger partial charge on any atom is -0.389 e. The van der Waals surface area contributed by atoms with Gasteiger partial charge in [0.25, 0.3) is 0 Å². The van der Waals surface area contributed by atoms with E-state index in [1.165, 1.54) is 0 Å². The fourth-order valence-electron chi connectivity index (χ4n) is 1.66. The largest absolute Gasteiger partial charge is 0.389 e. The molecule has 0 fully saturated rings. The molecule has 1 aromatic carbocycles. The van der Waals surface area contributed by atoms with Crippen LogP contribution in [0.2, 0.25) is 0 Å². The van der Waals surface area contributed by atoms with Crippen molar-refractivity contribution in [1.82, 2.24) is 0 Å². The number of rotatable bonds is 1. The van der Waals surface area contributed by atoms with Gasteiger partial charge in [0, 0.05) is 4.86 Å². The average Bonchev–Trinajstić information content (AvgIpc) is 2.23. The maximum atomic E-state index is 9.80. The Morgan fingerprint density at radius 1 is 1.33 bits per heavy atom. The molecule has 0 aliphatic heterocycles. The summed E-state index contributed by atoms with van der Waals surface area (Å²) in [6.07, 6.45) is 2.42. The van der Waals surface area contributed by atoms with E-state index in [4.69, 9.17) is 12.2 Å². The molecule has 2 rings (SSSR count). The van der Waals surface area contributed by atoms with E-state index in [1.807, 2.05) is 24.3 Å². The molecule has 3 heteroatoms. The monoisotopic (exact) mass is 220 g/mol. The molecule has 1 aromatic rings. The molecule has 0 heterocycles. The molecular weight excluding hydrogens is 208 g/mol. The van der Waals surface area contributed by atoms with Crippen LogP contribution in [0.3, 0.4) is 0 Å². The molecule has 0 amide bonds. The second-order valence-electron chi connectivity index (χ2n) is 3.70. The van der Waals surface area contributed by atoms with Crippen molar-refractivity contribution in [3.63, 3.8) is 0 Å². The summed E-state index contributed by atoms with van der Waals surface area (Å²) < 4.78 is 0. The van der Waals surface area contributed by atoms with Gasteiger partial charge in [-0.15, -0.1) is 0 Å². The standard InChI is InChI=1S/C12H12O2S/c1-7(13)8-2-4-10-9(6-8)3-5-11(15)12(10)14/h2-7,12-14H,1H3. The van der Waals surface area contributed by atoms with Crippen LogP contribution in [-0.4, -0.2) is 15.1 Å².